The molecule has 0 spiro atoms. The van der Waals surface area contributed by atoms with Crippen molar-refractivity contribution in [2.45, 2.75) is 25.3 Å². The van der Waals surface area contributed by atoms with Gasteiger partial charge in [-0.15, -0.1) is 0 Å². The molecule has 0 bridgehead atoms. The molecule has 1 aromatic heterocycles. The molecule has 0 aliphatic rings. The average Bonchev–Trinajstić information content (AvgIpc) is 2.95. The molecular weight excluding hydrogens is 355 g/mol. The number of hydrogen-bond donors (Lipinski definition) is 2. The number of nitrogens with one attached hydrogen (secondary N) is 1. The number of benzene rings is 1. The summed E-state index contributed by atoms with van der Waals surface area (Å²) in [4.78, 5) is 4.15. The number of nitrogens with two attached hydrogens (primary N) is 1. The van der Waals surface area contributed by atoms with E-state index in [4.69, 9.17) is 16.4 Å². The maximum Gasteiger partial charge on any atom is 0.262 e. The second-order valence-electron chi connectivity index (χ2n) is 5.13. The quantitative estimate of drug-likeness (QED) is 0.463. The van der Waals surface area contributed by atoms with E-state index in [1.165, 1.54) is 18.3 Å². The van der Waals surface area contributed by atoms with Crippen LogP contribution in [-0.2, 0) is 15.6 Å². The predicted molar refractivity (Wildman–Crippen MR) is 93.5 cm³/mol. The molecule has 0 radical (unpaired) electrons. The Morgan fingerprint density at radius 1 is 1.42 bits per heavy atom. The summed E-state index contributed by atoms with van der Waals surface area (Å²) in [6, 6.07) is 6.01. The molecule has 0 aliphatic carbocycles. The fourth-order valence-corrected chi connectivity index (χ4v) is 2.90. The Morgan fingerprint density at radius 2 is 2.12 bits per heavy atom. The summed E-state index contributed by atoms with van der Waals surface area (Å²) in [5, 5.41) is 3.00. The maximum atomic E-state index is 13.2. The molecule has 0 unspecified atom stereocenters. The molecular formula is C15H18ClFN4O2S. The normalized spacial score (nSPS) is 12.4. The Kier molecular flexibility index (Phi) is 5.51. The van der Waals surface area contributed by atoms with E-state index >= 15 is 0 Å². The van der Waals surface area contributed by atoms with Gasteiger partial charge in [0.2, 0.25) is 0 Å². The minimum absolute atomic E-state index is 0.0266. The zero-order valence-electron chi connectivity index (χ0n) is 13.3. The number of anilines is 1. The van der Waals surface area contributed by atoms with Crippen LogP contribution in [0.4, 0.5) is 10.1 Å². The molecule has 24 heavy (non-hydrogen) atoms. The fourth-order valence-electron chi connectivity index (χ4n) is 2.15. The number of aliphatic imine (C=N–C) groups is 1. The van der Waals surface area contributed by atoms with Crippen LogP contribution in [0.15, 0.2) is 40.4 Å². The third-order valence-corrected chi connectivity index (χ3v) is 4.77. The van der Waals surface area contributed by atoms with Crippen molar-refractivity contribution in [1.29, 1.82) is 0 Å². The monoisotopic (exact) mass is 372 g/mol. The van der Waals surface area contributed by atoms with Crippen LogP contribution in [0, 0.1) is 12.7 Å². The fraction of sp³-hybridized carbons (Fsp3) is 0.267. The zero-order valence-corrected chi connectivity index (χ0v) is 14.8. The predicted octanol–water partition coefficient (Wildman–Crippen LogP) is 2.66. The molecule has 2 aromatic rings. The van der Waals surface area contributed by atoms with Gasteiger partial charge in [-0.25, -0.2) is 17.8 Å². The highest BCUT2D eigenvalue weighted by Crippen LogP contribution is 2.19. The molecule has 0 saturated heterocycles. The maximum absolute atomic E-state index is 13.2. The summed E-state index contributed by atoms with van der Waals surface area (Å²) in [6.45, 7) is 4.19. The third kappa shape index (κ3) is 4.27. The molecule has 0 aliphatic heterocycles. The zero-order chi connectivity index (χ0) is 17.9. The van der Waals surface area contributed by atoms with Gasteiger partial charge in [0.15, 0.2) is 0 Å². The molecule has 2 rings (SSSR count). The van der Waals surface area contributed by atoms with Gasteiger partial charge < -0.3 is 15.6 Å². The lowest BCUT2D eigenvalue weighted by Crippen LogP contribution is -2.19. The molecule has 0 amide bonds. The molecule has 130 valence electrons. The molecule has 6 nitrogen and oxygen atoms in total. The first kappa shape index (κ1) is 18.3. The largest absolute Gasteiger partial charge is 0.382 e. The number of hydrogen-bond acceptors (Lipinski definition) is 4. The van der Waals surface area contributed by atoms with E-state index < -0.39 is 9.05 Å². The molecule has 1 aromatic carbocycles. The minimum Gasteiger partial charge on any atom is -0.382 e. The summed E-state index contributed by atoms with van der Waals surface area (Å²) in [7, 11) is 1.52. The van der Waals surface area contributed by atoms with Crippen LogP contribution in [0.2, 0.25) is 0 Å². The Labute approximate surface area is 144 Å². The van der Waals surface area contributed by atoms with Crippen molar-refractivity contribution in [2.24, 2.45) is 10.7 Å². The highest BCUT2D eigenvalue weighted by atomic mass is 35.7. The number of halogens is 2. The Balaban J connectivity index is 2.15. The topological polar surface area (TPSA) is 89.5 Å². The second kappa shape index (κ2) is 7.23. The summed E-state index contributed by atoms with van der Waals surface area (Å²) >= 11 is 0. The third-order valence-electron chi connectivity index (χ3n) is 3.45. The van der Waals surface area contributed by atoms with Crippen LogP contribution in [0.3, 0.4) is 0 Å². The highest BCUT2D eigenvalue weighted by molar-refractivity contribution is 8.13. The van der Waals surface area contributed by atoms with Gasteiger partial charge in [0, 0.05) is 29.1 Å². The molecule has 0 saturated carbocycles. The molecule has 0 fully saturated rings. The number of amidine groups is 1. The molecule has 0 atom stereocenters. The van der Waals surface area contributed by atoms with Crippen molar-refractivity contribution in [3.8, 4) is 0 Å². The van der Waals surface area contributed by atoms with Gasteiger partial charge in [-0.2, -0.15) is 0 Å². The van der Waals surface area contributed by atoms with E-state index in [2.05, 4.69) is 10.3 Å². The first-order valence-electron chi connectivity index (χ1n) is 7.17. The lowest BCUT2D eigenvalue weighted by atomic mass is 10.2. The van der Waals surface area contributed by atoms with E-state index in [1.54, 1.807) is 23.6 Å². The van der Waals surface area contributed by atoms with Gasteiger partial charge in [-0.1, -0.05) is 0 Å². The lowest BCUT2D eigenvalue weighted by molar-refractivity contribution is 0.609. The second-order valence-corrected chi connectivity index (χ2v) is 7.69. The van der Waals surface area contributed by atoms with Crippen LogP contribution in [0.1, 0.15) is 18.2 Å². The Bertz CT molecular complexity index is 878. The number of rotatable bonds is 6. The van der Waals surface area contributed by atoms with Crippen molar-refractivity contribution in [2.75, 3.05) is 12.0 Å². The van der Waals surface area contributed by atoms with E-state index in [0.29, 0.717) is 23.5 Å². The van der Waals surface area contributed by atoms with Crippen molar-refractivity contribution >= 4 is 31.3 Å². The van der Waals surface area contributed by atoms with E-state index in [9.17, 15) is 12.8 Å². The van der Waals surface area contributed by atoms with Gasteiger partial charge in [-0.3, -0.25) is 0 Å². The van der Waals surface area contributed by atoms with Crippen molar-refractivity contribution in [3.63, 3.8) is 0 Å². The smallest absolute Gasteiger partial charge is 0.262 e. The average molecular weight is 373 g/mol. The number of aryl methyl sites for hydroxylation is 2. The van der Waals surface area contributed by atoms with Gasteiger partial charge in [0.05, 0.1) is 5.69 Å². The minimum atomic E-state index is -3.83. The van der Waals surface area contributed by atoms with Crippen molar-refractivity contribution in [3.05, 3.63) is 47.5 Å². The van der Waals surface area contributed by atoms with Crippen molar-refractivity contribution < 1.29 is 12.8 Å². The Morgan fingerprint density at radius 3 is 2.71 bits per heavy atom. The van der Waals surface area contributed by atoms with Crippen LogP contribution >= 0.6 is 10.7 Å². The summed E-state index contributed by atoms with van der Waals surface area (Å²) in [5.41, 5.74) is 7.63. The van der Waals surface area contributed by atoms with Crippen LogP contribution in [-0.4, -0.2) is 25.5 Å². The van der Waals surface area contributed by atoms with Gasteiger partial charge in [-0.05, 0) is 43.7 Å². The lowest BCUT2D eigenvalue weighted by Gasteiger charge is -2.07. The molecule has 1 heterocycles. The first-order chi connectivity index (χ1) is 11.2. The first-order valence-corrected chi connectivity index (χ1v) is 9.48. The summed E-state index contributed by atoms with van der Waals surface area (Å²) < 4.78 is 37.7. The number of nitrogens with zero attached hydrogens (tertiary/aromatic N) is 2. The number of aromatic nitrogens is 1. The van der Waals surface area contributed by atoms with Gasteiger partial charge in [0.1, 0.15) is 23.2 Å². The summed E-state index contributed by atoms with van der Waals surface area (Å²) in [6.07, 6.45) is 1.41. The van der Waals surface area contributed by atoms with Crippen LogP contribution < -0.4 is 11.1 Å². The highest BCUT2D eigenvalue weighted by Gasteiger charge is 2.16. The standard InChI is InChI=1S/C15H18ClFN4O2S/c1-3-21-8-12(24(16,22)23)7-14(21)15(18)20-9-19-11-4-5-13(17)10(2)6-11/h4-8,19H,3,9H2,1-2H3,(H2,18,20). The summed E-state index contributed by atoms with van der Waals surface area (Å²) in [5.74, 6) is -0.103. The van der Waals surface area contributed by atoms with E-state index in [0.717, 1.165) is 0 Å². The molecule has 9 heteroatoms. The Hall–Kier alpha value is -2.06. The molecule has 3 N–H and O–H groups in total. The van der Waals surface area contributed by atoms with Crippen molar-refractivity contribution in [1.82, 2.24) is 4.57 Å². The van der Waals surface area contributed by atoms with Crippen LogP contribution in [0.25, 0.3) is 0 Å². The van der Waals surface area contributed by atoms with Crippen LogP contribution in [0.5, 0.6) is 0 Å². The van der Waals surface area contributed by atoms with E-state index in [1.807, 2.05) is 6.92 Å². The SMILES string of the molecule is CCn1cc(S(=O)(=O)Cl)cc1C(N)=NCNc1ccc(F)c(C)c1. The van der Waals surface area contributed by atoms with E-state index in [-0.39, 0.29) is 23.2 Å². The van der Waals surface area contributed by atoms with Gasteiger partial charge in [0.25, 0.3) is 9.05 Å². The van der Waals surface area contributed by atoms with Gasteiger partial charge >= 0.3 is 0 Å².